The van der Waals surface area contributed by atoms with Gasteiger partial charge in [0.1, 0.15) is 0 Å². The molecule has 1 aliphatic carbocycles. The average molecular weight is 419 g/mol. The van der Waals surface area contributed by atoms with Gasteiger partial charge >= 0.3 is 6.18 Å². The number of halogens is 3. The van der Waals surface area contributed by atoms with Crippen LogP contribution >= 0.6 is 0 Å². The molecule has 0 spiro atoms. The summed E-state index contributed by atoms with van der Waals surface area (Å²) in [6, 6.07) is 6.59. The molecule has 8 heteroatoms. The van der Waals surface area contributed by atoms with Gasteiger partial charge in [-0.25, -0.2) is 4.68 Å². The van der Waals surface area contributed by atoms with Crippen molar-refractivity contribution in [2.24, 2.45) is 5.92 Å². The van der Waals surface area contributed by atoms with E-state index in [2.05, 4.69) is 5.10 Å². The fraction of sp³-hybridized carbons (Fsp3) is 0.500. The number of carbonyl (C=O) groups excluding carboxylic acids is 1. The Hall–Kier alpha value is -2.64. The van der Waals surface area contributed by atoms with Crippen LogP contribution in [-0.2, 0) is 25.6 Å². The van der Waals surface area contributed by atoms with E-state index in [1.807, 2.05) is 0 Å². The van der Waals surface area contributed by atoms with Crippen LogP contribution in [-0.4, -0.2) is 33.7 Å². The average Bonchev–Trinajstić information content (AvgIpc) is 2.74. The molecule has 160 valence electrons. The van der Waals surface area contributed by atoms with Gasteiger partial charge in [0.15, 0.2) is 0 Å². The van der Waals surface area contributed by atoms with Crippen LogP contribution in [0.4, 0.5) is 13.2 Å². The highest BCUT2D eigenvalue weighted by molar-refractivity contribution is 5.96. The summed E-state index contributed by atoms with van der Waals surface area (Å²) in [4.78, 5) is 26.6. The number of rotatable bonds is 3. The molecule has 0 unspecified atom stereocenters. The third kappa shape index (κ3) is 4.27. The van der Waals surface area contributed by atoms with Crippen molar-refractivity contribution in [3.8, 4) is 0 Å². The maximum Gasteiger partial charge on any atom is 0.417 e. The minimum Gasteiger partial charge on any atom is -0.339 e. The highest BCUT2D eigenvalue weighted by atomic mass is 19.4. The molecular weight excluding hydrogens is 395 g/mol. The van der Waals surface area contributed by atoms with E-state index in [4.69, 9.17) is 0 Å². The molecule has 0 N–H and O–H groups in total. The van der Waals surface area contributed by atoms with Crippen LogP contribution in [0.5, 0.6) is 0 Å². The minimum absolute atomic E-state index is 0.103. The lowest BCUT2D eigenvalue weighted by Crippen LogP contribution is -2.41. The summed E-state index contributed by atoms with van der Waals surface area (Å²) >= 11 is 0. The Bertz CT molecular complexity index is 992. The third-order valence-electron chi connectivity index (χ3n) is 6.07. The molecule has 4 rings (SSSR count). The number of amides is 1. The first kappa shape index (κ1) is 20.6. The molecule has 0 bridgehead atoms. The van der Waals surface area contributed by atoms with Crippen LogP contribution in [0.15, 0.2) is 35.1 Å². The van der Waals surface area contributed by atoms with Gasteiger partial charge in [-0.05, 0) is 62.1 Å². The fourth-order valence-corrected chi connectivity index (χ4v) is 4.38. The van der Waals surface area contributed by atoms with Crippen LogP contribution in [0.25, 0.3) is 0 Å². The smallest absolute Gasteiger partial charge is 0.339 e. The summed E-state index contributed by atoms with van der Waals surface area (Å²) in [6.07, 6.45) is 0.653. The SMILES string of the molecule is O=C(c1ccccc1C(F)(F)F)N1CCC(Cn2nc3c(cc2=O)CCCC3)CC1. The Balaban J connectivity index is 1.42. The monoisotopic (exact) mass is 419 g/mol. The van der Waals surface area contributed by atoms with Gasteiger partial charge in [0.2, 0.25) is 0 Å². The quantitative estimate of drug-likeness (QED) is 0.763. The second-order valence-electron chi connectivity index (χ2n) is 8.12. The molecule has 0 atom stereocenters. The van der Waals surface area contributed by atoms with Crippen molar-refractivity contribution in [2.75, 3.05) is 13.1 Å². The Kier molecular flexibility index (Phi) is 5.66. The summed E-state index contributed by atoms with van der Waals surface area (Å²) in [7, 11) is 0. The van der Waals surface area contributed by atoms with Crippen LogP contribution in [0, 0.1) is 5.92 Å². The van der Waals surface area contributed by atoms with Crippen molar-refractivity contribution in [3.63, 3.8) is 0 Å². The molecule has 2 aliphatic rings. The molecule has 2 heterocycles. The lowest BCUT2D eigenvalue weighted by atomic mass is 9.95. The van der Waals surface area contributed by atoms with E-state index < -0.39 is 17.6 Å². The minimum atomic E-state index is -4.57. The number of carbonyl (C=O) groups is 1. The number of benzene rings is 1. The molecule has 1 aromatic carbocycles. The van der Waals surface area contributed by atoms with Gasteiger partial charge < -0.3 is 4.90 Å². The van der Waals surface area contributed by atoms with Crippen molar-refractivity contribution < 1.29 is 18.0 Å². The van der Waals surface area contributed by atoms with Gasteiger partial charge in [-0.15, -0.1) is 0 Å². The zero-order chi connectivity index (χ0) is 21.3. The van der Waals surface area contributed by atoms with Crippen molar-refractivity contribution in [1.29, 1.82) is 0 Å². The number of hydrogen-bond acceptors (Lipinski definition) is 3. The molecule has 30 heavy (non-hydrogen) atoms. The summed E-state index contributed by atoms with van der Waals surface area (Å²) < 4.78 is 41.2. The third-order valence-corrected chi connectivity index (χ3v) is 6.07. The molecule has 5 nitrogen and oxygen atoms in total. The Morgan fingerprint density at radius 3 is 2.53 bits per heavy atom. The molecule has 0 radical (unpaired) electrons. The van der Waals surface area contributed by atoms with Crippen molar-refractivity contribution in [2.45, 2.75) is 51.2 Å². The predicted molar refractivity (Wildman–Crippen MR) is 105 cm³/mol. The number of hydrogen-bond donors (Lipinski definition) is 0. The number of aromatic nitrogens is 2. The molecule has 1 fully saturated rings. The van der Waals surface area contributed by atoms with E-state index in [9.17, 15) is 22.8 Å². The maximum atomic E-state index is 13.2. The van der Waals surface area contributed by atoms with E-state index >= 15 is 0 Å². The highest BCUT2D eigenvalue weighted by Gasteiger charge is 2.36. The molecule has 0 saturated carbocycles. The molecule has 1 amide bonds. The summed E-state index contributed by atoms with van der Waals surface area (Å²) in [5, 5.41) is 4.55. The molecule has 1 aromatic heterocycles. The lowest BCUT2D eigenvalue weighted by Gasteiger charge is -2.32. The predicted octanol–water partition coefficient (Wildman–Crippen LogP) is 3.69. The number of nitrogens with zero attached hydrogens (tertiary/aromatic N) is 3. The Morgan fingerprint density at radius 1 is 1.10 bits per heavy atom. The number of piperidine rings is 1. The van der Waals surface area contributed by atoms with Crippen LogP contribution < -0.4 is 5.56 Å². The van der Waals surface area contributed by atoms with Gasteiger partial charge in [0.25, 0.3) is 11.5 Å². The second kappa shape index (κ2) is 8.24. The maximum absolute atomic E-state index is 13.2. The van der Waals surface area contributed by atoms with Gasteiger partial charge in [-0.2, -0.15) is 18.3 Å². The van der Waals surface area contributed by atoms with Gasteiger partial charge in [-0.3, -0.25) is 9.59 Å². The van der Waals surface area contributed by atoms with Crippen molar-refractivity contribution in [1.82, 2.24) is 14.7 Å². The van der Waals surface area contributed by atoms with Crippen LogP contribution in [0.2, 0.25) is 0 Å². The summed E-state index contributed by atoms with van der Waals surface area (Å²) in [5.74, 6) is -0.427. The van der Waals surface area contributed by atoms with Gasteiger partial charge in [0, 0.05) is 25.7 Å². The lowest BCUT2D eigenvalue weighted by molar-refractivity contribution is -0.138. The van der Waals surface area contributed by atoms with E-state index in [-0.39, 0.29) is 17.0 Å². The zero-order valence-electron chi connectivity index (χ0n) is 16.6. The Labute approximate surface area is 172 Å². The number of alkyl halides is 3. The summed E-state index contributed by atoms with van der Waals surface area (Å²) in [5.41, 5.74) is 0.731. The standard InChI is InChI=1S/C22H24F3N3O2/c23-22(24,25)18-7-3-2-6-17(18)21(30)27-11-9-15(10-12-27)14-28-20(29)13-16-5-1-4-8-19(16)26-28/h2-3,6-7,13,15H,1,4-5,8-12,14H2. The molecular formula is C22H24F3N3O2. The highest BCUT2D eigenvalue weighted by Crippen LogP contribution is 2.33. The van der Waals surface area contributed by atoms with Gasteiger partial charge in [-0.1, -0.05) is 12.1 Å². The molecule has 2 aromatic rings. The van der Waals surface area contributed by atoms with Crippen molar-refractivity contribution >= 4 is 5.91 Å². The van der Waals surface area contributed by atoms with Crippen LogP contribution in [0.1, 0.15) is 52.9 Å². The van der Waals surface area contributed by atoms with Crippen LogP contribution in [0.3, 0.4) is 0 Å². The fourth-order valence-electron chi connectivity index (χ4n) is 4.38. The second-order valence-corrected chi connectivity index (χ2v) is 8.12. The first-order valence-corrected chi connectivity index (χ1v) is 10.4. The number of aryl methyl sites for hydroxylation is 2. The number of likely N-dealkylation sites (tertiary alicyclic amines) is 1. The van der Waals surface area contributed by atoms with E-state index in [0.717, 1.165) is 43.0 Å². The molecule has 1 saturated heterocycles. The van der Waals surface area contributed by atoms with E-state index in [0.29, 0.717) is 32.5 Å². The zero-order valence-corrected chi connectivity index (χ0v) is 16.6. The van der Waals surface area contributed by atoms with E-state index in [1.54, 1.807) is 6.07 Å². The Morgan fingerprint density at radius 2 is 1.80 bits per heavy atom. The largest absolute Gasteiger partial charge is 0.417 e. The van der Waals surface area contributed by atoms with Crippen molar-refractivity contribution in [3.05, 3.63) is 63.1 Å². The summed E-state index contributed by atoms with van der Waals surface area (Å²) in [6.45, 7) is 1.22. The first-order valence-electron chi connectivity index (χ1n) is 10.4. The van der Waals surface area contributed by atoms with Gasteiger partial charge in [0.05, 0.1) is 16.8 Å². The first-order chi connectivity index (χ1) is 14.3. The molecule has 1 aliphatic heterocycles. The van der Waals surface area contributed by atoms with E-state index in [1.165, 1.54) is 27.8 Å². The topological polar surface area (TPSA) is 55.2 Å². The number of fused-ring (bicyclic) bond motifs is 1. The normalized spacial score (nSPS) is 17.6.